The van der Waals surface area contributed by atoms with Crippen LogP contribution >= 0.6 is 0 Å². The number of ether oxygens (including phenoxy) is 2. The Hall–Kier alpha value is -2.24. The molecule has 0 N–H and O–H groups in total. The number of rotatable bonds is 7. The highest BCUT2D eigenvalue weighted by molar-refractivity contribution is 5.95. The minimum absolute atomic E-state index is 0.0307. The van der Waals surface area contributed by atoms with E-state index in [2.05, 4.69) is 31.2 Å². The van der Waals surface area contributed by atoms with E-state index >= 15 is 0 Å². The molecule has 0 bridgehead atoms. The second-order valence-corrected chi connectivity index (χ2v) is 7.96. The van der Waals surface area contributed by atoms with Crippen LogP contribution in [0.5, 0.6) is 0 Å². The van der Waals surface area contributed by atoms with Crippen molar-refractivity contribution in [2.24, 2.45) is 5.92 Å². The van der Waals surface area contributed by atoms with Crippen LogP contribution in [0.2, 0.25) is 0 Å². The van der Waals surface area contributed by atoms with Crippen molar-refractivity contribution in [3.8, 4) is 0 Å². The molecule has 5 heteroatoms. The summed E-state index contributed by atoms with van der Waals surface area (Å²) in [7, 11) is 1.59. The molecule has 2 aromatic rings. The molecule has 2 atom stereocenters. The summed E-state index contributed by atoms with van der Waals surface area (Å²) in [6, 6.07) is 13.2. The molecule has 1 amide bonds. The average Bonchev–Trinajstić information content (AvgIpc) is 3.27. The van der Waals surface area contributed by atoms with Gasteiger partial charge in [-0.05, 0) is 43.0 Å². The number of fused-ring (bicyclic) bond motifs is 1. The lowest BCUT2D eigenvalue weighted by atomic mass is 9.94. The highest BCUT2D eigenvalue weighted by Crippen LogP contribution is 2.59. The molecule has 1 aliphatic heterocycles. The van der Waals surface area contributed by atoms with Crippen LogP contribution in [0.25, 0.3) is 0 Å². The molecule has 2 fully saturated rings. The standard InChI is InChI=1S/C23H26FNO3/c1-16-3-6-19(7-4-16)23-12-20(23)13-25(15-23)22(26)17-5-8-21(24)18(11-17)14-28-10-9-27-2/h3-8,11,20H,9-10,12-15H2,1-2H3. The molecule has 1 aliphatic carbocycles. The van der Waals surface area contributed by atoms with Crippen LogP contribution in [0.3, 0.4) is 0 Å². The highest BCUT2D eigenvalue weighted by atomic mass is 19.1. The first kappa shape index (κ1) is 19.1. The van der Waals surface area contributed by atoms with Gasteiger partial charge in [0.25, 0.3) is 5.91 Å². The molecule has 2 unspecified atom stereocenters. The Bertz CT molecular complexity index is 867. The number of carbonyl (C=O) groups excluding carboxylic acids is 1. The monoisotopic (exact) mass is 383 g/mol. The maximum Gasteiger partial charge on any atom is 0.253 e. The minimum Gasteiger partial charge on any atom is -0.382 e. The van der Waals surface area contributed by atoms with E-state index < -0.39 is 0 Å². The number of piperidine rings is 1. The number of halogens is 1. The lowest BCUT2D eigenvalue weighted by molar-refractivity contribution is 0.0603. The van der Waals surface area contributed by atoms with Gasteiger partial charge in [0.2, 0.25) is 0 Å². The summed E-state index contributed by atoms with van der Waals surface area (Å²) in [5.74, 6) is 0.141. The van der Waals surface area contributed by atoms with Gasteiger partial charge in [0, 0.05) is 36.7 Å². The lowest BCUT2D eigenvalue weighted by Gasteiger charge is -2.22. The minimum atomic E-state index is -0.352. The van der Waals surface area contributed by atoms with E-state index in [1.165, 1.54) is 17.2 Å². The lowest BCUT2D eigenvalue weighted by Crippen LogP contribution is -2.33. The van der Waals surface area contributed by atoms with Crippen LogP contribution in [0, 0.1) is 18.7 Å². The summed E-state index contributed by atoms with van der Waals surface area (Å²) in [5.41, 5.74) is 3.60. The van der Waals surface area contributed by atoms with Crippen molar-refractivity contribution in [3.05, 3.63) is 70.5 Å². The van der Waals surface area contributed by atoms with Gasteiger partial charge in [-0.2, -0.15) is 0 Å². The summed E-state index contributed by atoms with van der Waals surface area (Å²) < 4.78 is 24.4. The van der Waals surface area contributed by atoms with Crippen LogP contribution < -0.4 is 0 Å². The molecule has 1 saturated heterocycles. The summed E-state index contributed by atoms with van der Waals surface area (Å²) in [4.78, 5) is 14.9. The molecule has 28 heavy (non-hydrogen) atoms. The Morgan fingerprint density at radius 2 is 2.00 bits per heavy atom. The van der Waals surface area contributed by atoms with Gasteiger partial charge < -0.3 is 14.4 Å². The number of benzene rings is 2. The summed E-state index contributed by atoms with van der Waals surface area (Å²) in [6.45, 7) is 4.56. The van der Waals surface area contributed by atoms with Crippen molar-refractivity contribution in [2.75, 3.05) is 33.4 Å². The average molecular weight is 383 g/mol. The second-order valence-electron chi connectivity index (χ2n) is 7.96. The smallest absolute Gasteiger partial charge is 0.253 e. The van der Waals surface area contributed by atoms with Gasteiger partial charge in [-0.1, -0.05) is 29.8 Å². The number of hydrogen-bond acceptors (Lipinski definition) is 3. The van der Waals surface area contributed by atoms with E-state index in [1.54, 1.807) is 19.2 Å². The van der Waals surface area contributed by atoms with Crippen LogP contribution in [0.1, 0.15) is 33.5 Å². The van der Waals surface area contributed by atoms with Crippen LogP contribution in [0.15, 0.2) is 42.5 Å². The number of likely N-dealkylation sites (tertiary alicyclic amines) is 1. The van der Waals surface area contributed by atoms with Crippen molar-refractivity contribution in [1.82, 2.24) is 4.90 Å². The zero-order valence-corrected chi connectivity index (χ0v) is 16.4. The van der Waals surface area contributed by atoms with Gasteiger partial charge in [0.15, 0.2) is 0 Å². The largest absolute Gasteiger partial charge is 0.382 e. The predicted molar refractivity (Wildman–Crippen MR) is 105 cm³/mol. The molecule has 0 radical (unpaired) electrons. The molecule has 2 aromatic carbocycles. The highest BCUT2D eigenvalue weighted by Gasteiger charge is 2.61. The van der Waals surface area contributed by atoms with Crippen LogP contribution in [-0.4, -0.2) is 44.2 Å². The van der Waals surface area contributed by atoms with Gasteiger partial charge >= 0.3 is 0 Å². The van der Waals surface area contributed by atoms with Crippen LogP contribution in [-0.2, 0) is 21.5 Å². The van der Waals surface area contributed by atoms with E-state index in [0.29, 0.717) is 30.3 Å². The van der Waals surface area contributed by atoms with E-state index in [1.807, 2.05) is 4.90 Å². The van der Waals surface area contributed by atoms with Gasteiger partial charge in [0.05, 0.1) is 19.8 Å². The topological polar surface area (TPSA) is 38.8 Å². The molecular weight excluding hydrogens is 357 g/mol. The fourth-order valence-electron chi connectivity index (χ4n) is 4.30. The van der Waals surface area contributed by atoms with Crippen molar-refractivity contribution < 1.29 is 18.7 Å². The van der Waals surface area contributed by atoms with E-state index in [-0.39, 0.29) is 23.7 Å². The van der Waals surface area contributed by atoms with Crippen molar-refractivity contribution in [3.63, 3.8) is 0 Å². The fourth-order valence-corrected chi connectivity index (χ4v) is 4.30. The van der Waals surface area contributed by atoms with Crippen molar-refractivity contribution >= 4 is 5.91 Å². The first-order chi connectivity index (χ1) is 13.5. The third-order valence-electron chi connectivity index (χ3n) is 6.04. The molecule has 148 valence electrons. The predicted octanol–water partition coefficient (Wildman–Crippen LogP) is 3.71. The quantitative estimate of drug-likeness (QED) is 0.684. The molecular formula is C23H26FNO3. The zero-order chi connectivity index (χ0) is 19.7. The first-order valence-corrected chi connectivity index (χ1v) is 9.75. The molecule has 4 rings (SSSR count). The van der Waals surface area contributed by atoms with Gasteiger partial charge in [-0.25, -0.2) is 4.39 Å². The molecule has 0 spiro atoms. The van der Waals surface area contributed by atoms with E-state index in [9.17, 15) is 9.18 Å². The molecule has 2 aliphatic rings. The maximum absolute atomic E-state index is 14.1. The molecule has 1 heterocycles. The Morgan fingerprint density at radius 3 is 2.75 bits per heavy atom. The summed E-state index contributed by atoms with van der Waals surface area (Å²) >= 11 is 0. The summed E-state index contributed by atoms with van der Waals surface area (Å²) in [6.07, 6.45) is 1.14. The number of amides is 1. The third kappa shape index (κ3) is 3.56. The first-order valence-electron chi connectivity index (χ1n) is 9.75. The summed E-state index contributed by atoms with van der Waals surface area (Å²) in [5, 5.41) is 0. The molecule has 4 nitrogen and oxygen atoms in total. The Kier molecular flexibility index (Phi) is 5.21. The van der Waals surface area contributed by atoms with Gasteiger partial charge in [-0.3, -0.25) is 4.79 Å². The zero-order valence-electron chi connectivity index (χ0n) is 16.4. The van der Waals surface area contributed by atoms with E-state index in [4.69, 9.17) is 9.47 Å². The Morgan fingerprint density at radius 1 is 1.21 bits per heavy atom. The SMILES string of the molecule is COCCOCc1cc(C(=O)N2CC3CC3(c3ccc(C)cc3)C2)ccc1F. The number of carbonyl (C=O) groups is 1. The van der Waals surface area contributed by atoms with Crippen LogP contribution in [0.4, 0.5) is 4.39 Å². The molecule has 1 saturated carbocycles. The van der Waals surface area contributed by atoms with Gasteiger partial charge in [-0.15, -0.1) is 0 Å². The number of aryl methyl sites for hydroxylation is 1. The Labute approximate surface area is 165 Å². The third-order valence-corrected chi connectivity index (χ3v) is 6.04. The van der Waals surface area contributed by atoms with Crippen molar-refractivity contribution in [2.45, 2.75) is 25.4 Å². The van der Waals surface area contributed by atoms with Gasteiger partial charge in [0.1, 0.15) is 5.82 Å². The number of methoxy groups -OCH3 is 1. The number of nitrogens with zero attached hydrogens (tertiary/aromatic N) is 1. The molecule has 0 aromatic heterocycles. The second kappa shape index (κ2) is 7.64. The number of hydrogen-bond donors (Lipinski definition) is 0. The maximum atomic E-state index is 14.1. The van der Waals surface area contributed by atoms with E-state index in [0.717, 1.165) is 19.5 Å². The van der Waals surface area contributed by atoms with Crippen molar-refractivity contribution in [1.29, 1.82) is 0 Å². The Balaban J connectivity index is 1.45. The fraction of sp³-hybridized carbons (Fsp3) is 0.435. The normalized spacial score (nSPS) is 23.0.